The fourth-order valence-electron chi connectivity index (χ4n) is 2.63. The number of fused-ring (bicyclic) bond motifs is 1. The van der Waals surface area contributed by atoms with Crippen molar-refractivity contribution in [1.82, 2.24) is 19.7 Å². The fraction of sp³-hybridized carbons (Fsp3) is 0.158. The van der Waals surface area contributed by atoms with E-state index in [2.05, 4.69) is 21.8 Å². The molecule has 0 bridgehead atoms. The van der Waals surface area contributed by atoms with Crippen LogP contribution < -0.4 is 5.56 Å². The van der Waals surface area contributed by atoms with Gasteiger partial charge in [0.05, 0.1) is 21.0 Å². The maximum Gasteiger partial charge on any atom is 0.262 e. The molecular formula is C19H16N4O2S2. The van der Waals surface area contributed by atoms with Gasteiger partial charge in [-0.1, -0.05) is 36.0 Å². The molecule has 0 N–H and O–H groups in total. The van der Waals surface area contributed by atoms with Crippen molar-refractivity contribution in [3.63, 3.8) is 0 Å². The number of nitrogens with zero attached hydrogens (tertiary/aromatic N) is 4. The van der Waals surface area contributed by atoms with Gasteiger partial charge in [-0.3, -0.25) is 9.36 Å². The molecule has 3 heterocycles. The molecule has 1 aromatic carbocycles. The first kappa shape index (κ1) is 17.7. The van der Waals surface area contributed by atoms with Crippen LogP contribution in [-0.4, -0.2) is 19.7 Å². The first-order chi connectivity index (χ1) is 13.2. The van der Waals surface area contributed by atoms with Crippen LogP contribution in [0.2, 0.25) is 0 Å². The standard InChI is InChI=1S/C19H16N4O2S2/c1-3-10-23-18(24)13-7-4-5-8-14(13)20-19(23)27-12(2)16-21-22-17(25-16)15-9-6-11-26-15/h3-9,11-12H,1,10H2,2H3. The zero-order valence-electron chi connectivity index (χ0n) is 14.5. The van der Waals surface area contributed by atoms with Crippen molar-refractivity contribution >= 4 is 34.0 Å². The van der Waals surface area contributed by atoms with E-state index in [-0.39, 0.29) is 10.8 Å². The highest BCUT2D eigenvalue weighted by molar-refractivity contribution is 7.99. The summed E-state index contributed by atoms with van der Waals surface area (Å²) in [6.07, 6.45) is 1.69. The van der Waals surface area contributed by atoms with E-state index in [1.54, 1.807) is 28.0 Å². The Morgan fingerprint density at radius 3 is 2.93 bits per heavy atom. The van der Waals surface area contributed by atoms with Crippen LogP contribution in [0.4, 0.5) is 0 Å². The number of thiophene rings is 1. The van der Waals surface area contributed by atoms with Gasteiger partial charge in [0.1, 0.15) is 0 Å². The summed E-state index contributed by atoms with van der Waals surface area (Å²) >= 11 is 2.96. The van der Waals surface area contributed by atoms with Crippen molar-refractivity contribution in [1.29, 1.82) is 0 Å². The quantitative estimate of drug-likeness (QED) is 0.270. The smallest absolute Gasteiger partial charge is 0.262 e. The Balaban J connectivity index is 1.69. The maximum absolute atomic E-state index is 12.8. The predicted octanol–water partition coefficient (Wildman–Crippen LogP) is 4.55. The van der Waals surface area contributed by atoms with E-state index in [0.717, 1.165) is 4.88 Å². The Bertz CT molecular complexity index is 1150. The second-order valence-corrected chi connectivity index (χ2v) is 8.05. The highest BCUT2D eigenvalue weighted by atomic mass is 32.2. The van der Waals surface area contributed by atoms with E-state index < -0.39 is 0 Å². The van der Waals surface area contributed by atoms with Gasteiger partial charge in [0.2, 0.25) is 5.89 Å². The summed E-state index contributed by atoms with van der Waals surface area (Å²) in [7, 11) is 0. The third-order valence-corrected chi connectivity index (χ3v) is 5.88. The molecule has 27 heavy (non-hydrogen) atoms. The summed E-state index contributed by atoms with van der Waals surface area (Å²) in [6.45, 7) is 6.09. The Kier molecular flexibility index (Phi) is 4.91. The van der Waals surface area contributed by atoms with E-state index >= 15 is 0 Å². The van der Waals surface area contributed by atoms with Crippen LogP contribution in [0, 0.1) is 0 Å². The largest absolute Gasteiger partial charge is 0.419 e. The Hall–Kier alpha value is -2.71. The van der Waals surface area contributed by atoms with Crippen molar-refractivity contribution in [2.75, 3.05) is 0 Å². The summed E-state index contributed by atoms with van der Waals surface area (Å²) in [5.41, 5.74) is 0.585. The molecule has 0 spiro atoms. The van der Waals surface area contributed by atoms with Crippen LogP contribution in [0.5, 0.6) is 0 Å². The third-order valence-electron chi connectivity index (χ3n) is 3.94. The summed E-state index contributed by atoms with van der Waals surface area (Å²) in [5, 5.41) is 11.3. The predicted molar refractivity (Wildman–Crippen MR) is 108 cm³/mol. The zero-order valence-corrected chi connectivity index (χ0v) is 16.2. The summed E-state index contributed by atoms with van der Waals surface area (Å²) in [6, 6.07) is 11.2. The molecular weight excluding hydrogens is 380 g/mol. The first-order valence-corrected chi connectivity index (χ1v) is 10.1. The van der Waals surface area contributed by atoms with Crippen molar-refractivity contribution < 1.29 is 4.42 Å². The second-order valence-electron chi connectivity index (χ2n) is 5.80. The topological polar surface area (TPSA) is 73.8 Å². The van der Waals surface area contributed by atoms with Crippen molar-refractivity contribution in [2.24, 2.45) is 0 Å². The molecule has 0 amide bonds. The molecule has 0 saturated carbocycles. The van der Waals surface area contributed by atoms with Gasteiger partial charge in [-0.25, -0.2) is 4.98 Å². The van der Waals surface area contributed by atoms with E-state index in [1.165, 1.54) is 11.8 Å². The molecule has 136 valence electrons. The molecule has 0 saturated heterocycles. The lowest BCUT2D eigenvalue weighted by molar-refractivity contribution is 0.509. The molecule has 0 aliphatic rings. The molecule has 1 atom stereocenters. The number of rotatable bonds is 6. The van der Waals surface area contributed by atoms with Crippen LogP contribution in [0.25, 0.3) is 21.7 Å². The molecule has 0 aliphatic heterocycles. The average molecular weight is 396 g/mol. The lowest BCUT2D eigenvalue weighted by Crippen LogP contribution is -2.23. The van der Waals surface area contributed by atoms with E-state index in [9.17, 15) is 4.79 Å². The average Bonchev–Trinajstić information content (AvgIpc) is 3.36. The van der Waals surface area contributed by atoms with Crippen LogP contribution in [0.1, 0.15) is 18.1 Å². The normalized spacial score (nSPS) is 12.3. The molecule has 4 aromatic rings. The van der Waals surface area contributed by atoms with Crippen molar-refractivity contribution in [2.45, 2.75) is 23.9 Å². The first-order valence-electron chi connectivity index (χ1n) is 8.32. The van der Waals surface area contributed by atoms with Gasteiger partial charge in [-0.05, 0) is 30.5 Å². The van der Waals surface area contributed by atoms with E-state index in [1.807, 2.05) is 42.6 Å². The van der Waals surface area contributed by atoms with Crippen LogP contribution >= 0.6 is 23.1 Å². The summed E-state index contributed by atoms with van der Waals surface area (Å²) < 4.78 is 7.43. The van der Waals surface area contributed by atoms with Gasteiger partial charge in [-0.2, -0.15) is 0 Å². The van der Waals surface area contributed by atoms with Crippen LogP contribution in [0.15, 0.2) is 68.8 Å². The van der Waals surface area contributed by atoms with E-state index in [4.69, 9.17) is 4.42 Å². The molecule has 0 radical (unpaired) electrons. The molecule has 4 rings (SSSR count). The monoisotopic (exact) mass is 396 g/mol. The Labute approximate surface area is 163 Å². The van der Waals surface area contributed by atoms with Gasteiger partial charge < -0.3 is 4.42 Å². The minimum atomic E-state index is -0.157. The van der Waals surface area contributed by atoms with Gasteiger partial charge in [-0.15, -0.1) is 28.1 Å². The molecule has 8 heteroatoms. The minimum Gasteiger partial charge on any atom is -0.419 e. The Morgan fingerprint density at radius 2 is 2.15 bits per heavy atom. The van der Waals surface area contributed by atoms with Gasteiger partial charge >= 0.3 is 0 Å². The summed E-state index contributed by atoms with van der Waals surface area (Å²) in [4.78, 5) is 18.4. The van der Waals surface area contributed by atoms with Crippen molar-refractivity contribution in [3.8, 4) is 10.8 Å². The Morgan fingerprint density at radius 1 is 1.30 bits per heavy atom. The number of hydrogen-bond acceptors (Lipinski definition) is 7. The molecule has 1 unspecified atom stereocenters. The third kappa shape index (κ3) is 3.45. The van der Waals surface area contributed by atoms with Crippen LogP contribution in [0.3, 0.4) is 0 Å². The highest BCUT2D eigenvalue weighted by Crippen LogP contribution is 2.35. The fourth-order valence-corrected chi connectivity index (χ4v) is 4.23. The number of para-hydroxylation sites is 1. The van der Waals surface area contributed by atoms with Gasteiger partial charge in [0.25, 0.3) is 11.4 Å². The van der Waals surface area contributed by atoms with Gasteiger partial charge in [0, 0.05) is 6.54 Å². The molecule has 3 aromatic heterocycles. The molecule has 0 aliphatic carbocycles. The van der Waals surface area contributed by atoms with Gasteiger partial charge in [0.15, 0.2) is 5.16 Å². The SMILES string of the molecule is C=CCn1c(SC(C)c2nnc(-c3cccs3)o2)nc2ccccc2c1=O. The zero-order chi connectivity index (χ0) is 18.8. The van der Waals surface area contributed by atoms with E-state index in [0.29, 0.717) is 34.4 Å². The summed E-state index contributed by atoms with van der Waals surface area (Å²) in [5.74, 6) is 0.998. The number of allylic oxidation sites excluding steroid dienone is 1. The van der Waals surface area contributed by atoms with Crippen molar-refractivity contribution in [3.05, 3.63) is 70.7 Å². The molecule has 6 nitrogen and oxygen atoms in total. The lowest BCUT2D eigenvalue weighted by Gasteiger charge is -2.13. The van der Waals surface area contributed by atoms with Crippen LogP contribution in [-0.2, 0) is 6.54 Å². The molecule has 0 fully saturated rings. The number of hydrogen-bond donors (Lipinski definition) is 0. The minimum absolute atomic E-state index is 0.0833. The lowest BCUT2D eigenvalue weighted by atomic mass is 10.2. The number of benzene rings is 1. The highest BCUT2D eigenvalue weighted by Gasteiger charge is 2.20. The maximum atomic E-state index is 12.8. The number of thioether (sulfide) groups is 1. The second kappa shape index (κ2) is 7.50. The number of aromatic nitrogens is 4.